The Balaban J connectivity index is 1.50. The molecule has 2 aliphatic heterocycles. The highest BCUT2D eigenvalue weighted by atomic mass is 15.3. The van der Waals surface area contributed by atoms with Gasteiger partial charge in [-0.1, -0.05) is 83.5 Å². The van der Waals surface area contributed by atoms with E-state index < -0.39 is 0 Å². The van der Waals surface area contributed by atoms with E-state index in [0.29, 0.717) is 6.04 Å². The zero-order chi connectivity index (χ0) is 18.8. The van der Waals surface area contributed by atoms with Crippen LogP contribution in [-0.4, -0.2) is 28.9 Å². The predicted octanol–water partition coefficient (Wildman–Crippen LogP) is 7.12. The number of aliphatic imine (C=N–C) groups is 1. The summed E-state index contributed by atoms with van der Waals surface area (Å²) in [5.41, 5.74) is 0. The van der Waals surface area contributed by atoms with Gasteiger partial charge < -0.3 is 4.90 Å². The molecule has 3 saturated carbocycles. The molecule has 0 bridgehead atoms. The molecule has 5 aliphatic rings. The molecular weight excluding hydrogens is 340 g/mol. The zero-order valence-electron chi connectivity index (χ0n) is 18.3. The van der Waals surface area contributed by atoms with Gasteiger partial charge in [-0.2, -0.15) is 0 Å². The number of amidine groups is 1. The smallest absolute Gasteiger partial charge is 0.103 e. The van der Waals surface area contributed by atoms with Gasteiger partial charge in [-0.05, 0) is 50.4 Å². The summed E-state index contributed by atoms with van der Waals surface area (Å²) in [5, 5.41) is 0. The molecule has 0 spiro atoms. The van der Waals surface area contributed by atoms with Crippen LogP contribution in [0.25, 0.3) is 0 Å². The highest BCUT2D eigenvalue weighted by Gasteiger charge is 2.51. The Bertz CT molecular complexity index is 541. The molecule has 5 rings (SSSR count). The lowest BCUT2D eigenvalue weighted by atomic mass is 9.66. The first kappa shape index (κ1) is 19.4. The van der Waals surface area contributed by atoms with Crippen LogP contribution in [0.3, 0.4) is 0 Å². The third kappa shape index (κ3) is 3.79. The zero-order valence-corrected chi connectivity index (χ0v) is 18.3. The van der Waals surface area contributed by atoms with Crippen LogP contribution < -0.4 is 0 Å². The van der Waals surface area contributed by atoms with Crippen LogP contribution in [0.1, 0.15) is 122 Å². The summed E-state index contributed by atoms with van der Waals surface area (Å²) in [4.78, 5) is 8.62. The van der Waals surface area contributed by atoms with E-state index in [0.717, 1.165) is 29.8 Å². The van der Waals surface area contributed by atoms with Crippen LogP contribution in [0.15, 0.2) is 4.99 Å². The molecule has 2 heteroatoms. The van der Waals surface area contributed by atoms with Crippen molar-refractivity contribution in [3.05, 3.63) is 0 Å². The summed E-state index contributed by atoms with van der Waals surface area (Å²) in [6.07, 6.45) is 27.9. The maximum atomic E-state index is 5.59. The second-order valence-electron chi connectivity index (χ2n) is 10.9. The van der Waals surface area contributed by atoms with Gasteiger partial charge in [-0.15, -0.1) is 0 Å². The molecule has 158 valence electrons. The van der Waals surface area contributed by atoms with E-state index in [4.69, 9.17) is 4.99 Å². The molecule has 1 saturated heterocycles. The lowest BCUT2D eigenvalue weighted by Crippen LogP contribution is -2.58. The fraction of sp³-hybridized carbons (Fsp3) is 0.962. The Morgan fingerprint density at radius 1 is 0.500 bits per heavy atom. The van der Waals surface area contributed by atoms with Crippen molar-refractivity contribution in [2.75, 3.05) is 0 Å². The Hall–Kier alpha value is -0.530. The lowest BCUT2D eigenvalue weighted by Gasteiger charge is -2.52. The molecule has 3 aliphatic carbocycles. The number of hydrogen-bond donors (Lipinski definition) is 0. The average Bonchev–Trinajstić information content (AvgIpc) is 3.03. The monoisotopic (exact) mass is 384 g/mol. The van der Waals surface area contributed by atoms with Crippen molar-refractivity contribution in [2.24, 2.45) is 22.7 Å². The van der Waals surface area contributed by atoms with Crippen LogP contribution >= 0.6 is 0 Å². The van der Waals surface area contributed by atoms with Crippen molar-refractivity contribution in [2.45, 2.75) is 140 Å². The number of nitrogens with zero attached hydrogens (tertiary/aromatic N) is 2. The Kier molecular flexibility index (Phi) is 6.31. The summed E-state index contributed by atoms with van der Waals surface area (Å²) in [6, 6.07) is 2.27. The van der Waals surface area contributed by atoms with E-state index in [2.05, 4.69) is 4.90 Å². The van der Waals surface area contributed by atoms with Crippen molar-refractivity contribution < 1.29 is 0 Å². The molecule has 4 fully saturated rings. The molecule has 28 heavy (non-hydrogen) atoms. The van der Waals surface area contributed by atoms with Crippen LogP contribution in [0.5, 0.6) is 0 Å². The molecule has 6 unspecified atom stereocenters. The SMILES string of the molecule is C1CCCC2C3=NC4CCCCCC4N3C3CCCCCCCC3C2CCC1. The van der Waals surface area contributed by atoms with E-state index in [9.17, 15) is 0 Å². The average molecular weight is 385 g/mol. The van der Waals surface area contributed by atoms with Crippen molar-refractivity contribution in [3.63, 3.8) is 0 Å². The van der Waals surface area contributed by atoms with E-state index in [1.165, 1.54) is 122 Å². The van der Waals surface area contributed by atoms with Crippen molar-refractivity contribution in [1.29, 1.82) is 0 Å². The van der Waals surface area contributed by atoms with Gasteiger partial charge in [0.2, 0.25) is 0 Å². The molecule has 0 radical (unpaired) electrons. The lowest BCUT2D eigenvalue weighted by molar-refractivity contribution is 0.0558. The maximum Gasteiger partial charge on any atom is 0.103 e. The van der Waals surface area contributed by atoms with Gasteiger partial charge in [0.25, 0.3) is 0 Å². The molecule has 0 aromatic heterocycles. The minimum absolute atomic E-state index is 0.650. The normalized spacial score (nSPS) is 42.6. The van der Waals surface area contributed by atoms with Crippen molar-refractivity contribution >= 4 is 5.84 Å². The summed E-state index contributed by atoms with van der Waals surface area (Å²) in [5.74, 6) is 4.39. The van der Waals surface area contributed by atoms with Crippen LogP contribution in [0.2, 0.25) is 0 Å². The Morgan fingerprint density at radius 2 is 1.04 bits per heavy atom. The number of rotatable bonds is 0. The molecule has 2 nitrogen and oxygen atoms in total. The molecule has 6 atom stereocenters. The fourth-order valence-corrected chi connectivity index (χ4v) is 7.89. The number of fused-ring (bicyclic) bond motifs is 8. The Labute approximate surface area is 173 Å². The maximum absolute atomic E-state index is 5.59. The van der Waals surface area contributed by atoms with Gasteiger partial charge in [0, 0.05) is 12.0 Å². The molecule has 0 aromatic rings. The fourth-order valence-electron chi connectivity index (χ4n) is 7.89. The molecule has 0 N–H and O–H groups in total. The largest absolute Gasteiger partial charge is 0.352 e. The summed E-state index contributed by atoms with van der Waals surface area (Å²) >= 11 is 0. The summed E-state index contributed by atoms with van der Waals surface area (Å²) < 4.78 is 0. The van der Waals surface area contributed by atoms with Crippen LogP contribution in [-0.2, 0) is 0 Å². The van der Waals surface area contributed by atoms with Crippen LogP contribution in [0, 0.1) is 17.8 Å². The second kappa shape index (κ2) is 9.09. The molecule has 0 aromatic carbocycles. The van der Waals surface area contributed by atoms with E-state index in [1.54, 1.807) is 5.84 Å². The quantitative estimate of drug-likeness (QED) is 0.434. The van der Waals surface area contributed by atoms with Gasteiger partial charge in [-0.3, -0.25) is 4.99 Å². The Morgan fingerprint density at radius 3 is 1.82 bits per heavy atom. The van der Waals surface area contributed by atoms with Gasteiger partial charge in [0.1, 0.15) is 5.84 Å². The first-order chi connectivity index (χ1) is 13.9. The predicted molar refractivity (Wildman–Crippen MR) is 119 cm³/mol. The first-order valence-electron chi connectivity index (χ1n) is 13.3. The standard InChI is InChI=1S/C26H44N2/c1-3-8-14-20-21-15-9-4-2-6-12-18-24(21)28-25-19-13-7-11-17-23(25)27-26(28)22(20)16-10-5-1/h20-25H,1-19H2. The van der Waals surface area contributed by atoms with Crippen molar-refractivity contribution in [3.8, 4) is 0 Å². The third-order valence-electron chi connectivity index (χ3n) is 9.20. The topological polar surface area (TPSA) is 15.6 Å². The van der Waals surface area contributed by atoms with Gasteiger partial charge in [-0.25, -0.2) is 0 Å². The van der Waals surface area contributed by atoms with Gasteiger partial charge >= 0.3 is 0 Å². The summed E-state index contributed by atoms with van der Waals surface area (Å²) in [6.45, 7) is 0. The highest BCUT2D eigenvalue weighted by molar-refractivity contribution is 5.88. The van der Waals surface area contributed by atoms with Gasteiger partial charge in [0.05, 0.1) is 12.1 Å². The van der Waals surface area contributed by atoms with Crippen LogP contribution in [0.4, 0.5) is 0 Å². The molecular formula is C26H44N2. The van der Waals surface area contributed by atoms with E-state index >= 15 is 0 Å². The third-order valence-corrected chi connectivity index (χ3v) is 9.20. The van der Waals surface area contributed by atoms with E-state index in [-0.39, 0.29) is 0 Å². The number of piperidine rings is 1. The highest BCUT2D eigenvalue weighted by Crippen LogP contribution is 2.49. The number of hydrogen-bond acceptors (Lipinski definition) is 2. The minimum atomic E-state index is 0.650. The molecule has 2 heterocycles. The van der Waals surface area contributed by atoms with Gasteiger partial charge in [0.15, 0.2) is 0 Å². The molecule has 0 amide bonds. The summed E-state index contributed by atoms with van der Waals surface area (Å²) in [7, 11) is 0. The second-order valence-corrected chi connectivity index (χ2v) is 10.9. The first-order valence-corrected chi connectivity index (χ1v) is 13.3. The minimum Gasteiger partial charge on any atom is -0.352 e. The van der Waals surface area contributed by atoms with Crippen molar-refractivity contribution in [1.82, 2.24) is 4.90 Å². The van der Waals surface area contributed by atoms with E-state index in [1.807, 2.05) is 0 Å².